The van der Waals surface area contributed by atoms with Crippen molar-refractivity contribution in [2.45, 2.75) is 82.8 Å². The molecule has 2 saturated heterocycles. The van der Waals surface area contributed by atoms with Gasteiger partial charge < -0.3 is 14.0 Å². The van der Waals surface area contributed by atoms with Gasteiger partial charge in [-0.3, -0.25) is 9.59 Å². The topological polar surface area (TPSA) is 82.1 Å². The molecule has 1 aliphatic carbocycles. The number of carbonyl (C=O) groups is 3. The lowest BCUT2D eigenvalue weighted by Gasteiger charge is -2.35. The molecule has 0 radical (unpaired) electrons. The molecule has 2 amide bonds. The summed E-state index contributed by atoms with van der Waals surface area (Å²) in [6.07, 6.45) is -0.335. The van der Waals surface area contributed by atoms with Crippen molar-refractivity contribution in [3.63, 3.8) is 0 Å². The molecule has 2 aliphatic heterocycles. The molecule has 1 aromatic rings. The van der Waals surface area contributed by atoms with Crippen LogP contribution in [0.4, 0.5) is 9.18 Å². The second kappa shape index (κ2) is 7.38. The minimum atomic E-state index is -1.37. The Morgan fingerprint density at radius 1 is 0.969 bits per heavy atom. The van der Waals surface area contributed by atoms with Crippen LogP contribution in [-0.2, 0) is 18.8 Å². The predicted molar refractivity (Wildman–Crippen MR) is 115 cm³/mol. The van der Waals surface area contributed by atoms with Crippen LogP contribution in [0.25, 0.3) is 0 Å². The zero-order valence-electron chi connectivity index (χ0n) is 19.2. The monoisotopic (exact) mass is 445 g/mol. The molecule has 172 valence electrons. The first-order chi connectivity index (χ1) is 14.8. The maximum Gasteiger partial charge on any atom is 0.494 e. The molecule has 1 spiro atoms. The Kier molecular flexibility index (Phi) is 5.29. The van der Waals surface area contributed by atoms with E-state index in [0.717, 1.165) is 10.4 Å². The Balaban J connectivity index is 1.42. The second-order valence-corrected chi connectivity index (χ2v) is 10.3. The van der Waals surface area contributed by atoms with Crippen LogP contribution >= 0.6 is 0 Å². The fraction of sp³-hybridized carbons (Fsp3) is 0.609. The van der Waals surface area contributed by atoms with E-state index in [1.807, 2.05) is 27.7 Å². The molecule has 0 N–H and O–H groups in total. The number of amides is 2. The quantitative estimate of drug-likeness (QED) is 0.523. The van der Waals surface area contributed by atoms with Gasteiger partial charge in [-0.1, -0.05) is 24.3 Å². The van der Waals surface area contributed by atoms with E-state index in [0.29, 0.717) is 5.56 Å². The zero-order valence-corrected chi connectivity index (χ0v) is 19.2. The number of imide groups is 1. The largest absolute Gasteiger partial charge is 0.494 e. The third kappa shape index (κ3) is 3.86. The SMILES string of the molecule is CC1(F)CCC2(CC1)OC(=O)N(CC(=O)c1ccc(B3OC(C)(C)C(C)(C)O3)cc1)C2=O. The molecule has 3 aliphatic rings. The summed E-state index contributed by atoms with van der Waals surface area (Å²) in [5.74, 6) is -0.945. The molecule has 9 heteroatoms. The average Bonchev–Trinajstić information content (AvgIpc) is 3.07. The number of halogens is 1. The first-order valence-corrected chi connectivity index (χ1v) is 11.0. The van der Waals surface area contributed by atoms with Crippen LogP contribution < -0.4 is 5.46 Å². The minimum Gasteiger partial charge on any atom is -0.432 e. The Labute approximate surface area is 187 Å². The van der Waals surface area contributed by atoms with Crippen LogP contribution in [0.1, 0.15) is 70.7 Å². The summed E-state index contributed by atoms with van der Waals surface area (Å²) in [6, 6.07) is 6.73. The van der Waals surface area contributed by atoms with Crippen molar-refractivity contribution in [1.82, 2.24) is 4.90 Å². The molecule has 3 fully saturated rings. The number of carbonyl (C=O) groups excluding carboxylic acids is 3. The van der Waals surface area contributed by atoms with Crippen LogP contribution in [0.3, 0.4) is 0 Å². The van der Waals surface area contributed by atoms with Crippen molar-refractivity contribution in [1.29, 1.82) is 0 Å². The highest BCUT2D eigenvalue weighted by Crippen LogP contribution is 2.43. The number of hydrogen-bond donors (Lipinski definition) is 0. The van der Waals surface area contributed by atoms with Crippen molar-refractivity contribution < 1.29 is 32.8 Å². The van der Waals surface area contributed by atoms with Crippen LogP contribution in [-0.4, -0.2) is 58.8 Å². The predicted octanol–water partition coefficient (Wildman–Crippen LogP) is 3.19. The first-order valence-electron chi connectivity index (χ1n) is 11.0. The number of Topliss-reactive ketones (excluding diaryl/α,β-unsaturated/α-hetero) is 1. The standard InChI is InChI=1S/C23H29BFNO6/c1-20(2)21(3,4)32-24(31-20)16-8-6-15(7-9-16)17(27)14-26-18(28)23(30-19(26)29)12-10-22(5,25)11-13-23/h6-9H,10-14H2,1-5H3. The molecule has 4 rings (SSSR count). The smallest absolute Gasteiger partial charge is 0.432 e. The van der Waals surface area contributed by atoms with E-state index in [1.165, 1.54) is 6.92 Å². The van der Waals surface area contributed by atoms with E-state index < -0.39 is 48.1 Å². The summed E-state index contributed by atoms with van der Waals surface area (Å²) in [6.45, 7) is 8.92. The van der Waals surface area contributed by atoms with E-state index in [1.54, 1.807) is 24.3 Å². The number of nitrogens with zero attached hydrogens (tertiary/aromatic N) is 1. The van der Waals surface area contributed by atoms with E-state index in [-0.39, 0.29) is 31.5 Å². The third-order valence-corrected chi connectivity index (χ3v) is 7.30. The summed E-state index contributed by atoms with van der Waals surface area (Å²) in [4.78, 5) is 38.9. The van der Waals surface area contributed by atoms with Gasteiger partial charge in [0, 0.05) is 5.56 Å². The average molecular weight is 445 g/mol. The van der Waals surface area contributed by atoms with Gasteiger partial charge in [-0.25, -0.2) is 14.1 Å². The molecule has 32 heavy (non-hydrogen) atoms. The molecule has 2 heterocycles. The van der Waals surface area contributed by atoms with Gasteiger partial charge in [-0.15, -0.1) is 0 Å². The molecular weight excluding hydrogens is 416 g/mol. The lowest BCUT2D eigenvalue weighted by molar-refractivity contribution is -0.141. The molecule has 0 atom stereocenters. The highest BCUT2D eigenvalue weighted by atomic mass is 19.1. The van der Waals surface area contributed by atoms with E-state index >= 15 is 0 Å². The number of ketones is 1. The molecule has 1 saturated carbocycles. The van der Waals surface area contributed by atoms with Crippen molar-refractivity contribution >= 4 is 30.4 Å². The maximum absolute atomic E-state index is 14.2. The number of hydrogen-bond acceptors (Lipinski definition) is 6. The normalized spacial score (nSPS) is 31.3. The number of rotatable bonds is 4. The fourth-order valence-corrected chi connectivity index (χ4v) is 4.26. The van der Waals surface area contributed by atoms with E-state index in [9.17, 15) is 18.8 Å². The van der Waals surface area contributed by atoms with Crippen molar-refractivity contribution in [3.8, 4) is 0 Å². The van der Waals surface area contributed by atoms with Gasteiger partial charge in [-0.2, -0.15) is 0 Å². The van der Waals surface area contributed by atoms with Gasteiger partial charge in [0.05, 0.1) is 17.7 Å². The molecular formula is C23H29BFNO6. The minimum absolute atomic E-state index is 0.123. The van der Waals surface area contributed by atoms with Crippen molar-refractivity contribution in [2.24, 2.45) is 0 Å². The van der Waals surface area contributed by atoms with Gasteiger partial charge in [0.1, 0.15) is 5.67 Å². The summed E-state index contributed by atoms with van der Waals surface area (Å²) >= 11 is 0. The number of ether oxygens (including phenoxy) is 1. The molecule has 0 aromatic heterocycles. The lowest BCUT2D eigenvalue weighted by Crippen LogP contribution is -2.47. The Morgan fingerprint density at radius 3 is 2.03 bits per heavy atom. The number of alkyl halides is 1. The zero-order chi connectivity index (χ0) is 23.5. The van der Waals surface area contributed by atoms with Crippen molar-refractivity contribution in [3.05, 3.63) is 29.8 Å². The Hall–Kier alpha value is -2.26. The highest BCUT2D eigenvalue weighted by Gasteiger charge is 2.57. The molecule has 0 bridgehead atoms. The second-order valence-electron chi connectivity index (χ2n) is 10.3. The van der Waals surface area contributed by atoms with E-state index in [2.05, 4.69) is 0 Å². The van der Waals surface area contributed by atoms with Crippen LogP contribution in [0.15, 0.2) is 24.3 Å². The van der Waals surface area contributed by atoms with Crippen molar-refractivity contribution in [2.75, 3.05) is 6.54 Å². The van der Waals surface area contributed by atoms with Gasteiger partial charge in [0.15, 0.2) is 11.4 Å². The maximum atomic E-state index is 14.2. The van der Waals surface area contributed by atoms with E-state index in [4.69, 9.17) is 14.0 Å². The highest BCUT2D eigenvalue weighted by molar-refractivity contribution is 6.62. The van der Waals surface area contributed by atoms with Crippen LogP contribution in [0.5, 0.6) is 0 Å². The summed E-state index contributed by atoms with van der Waals surface area (Å²) in [7, 11) is -0.549. The lowest BCUT2D eigenvalue weighted by atomic mass is 9.77. The number of benzene rings is 1. The van der Waals surface area contributed by atoms with Gasteiger partial charge >= 0.3 is 13.2 Å². The van der Waals surface area contributed by atoms with Gasteiger partial charge in [-0.05, 0) is 65.8 Å². The Bertz CT molecular complexity index is 932. The Morgan fingerprint density at radius 2 is 1.50 bits per heavy atom. The molecule has 0 unspecified atom stereocenters. The van der Waals surface area contributed by atoms with Gasteiger partial charge in [0.25, 0.3) is 5.91 Å². The molecule has 1 aromatic carbocycles. The van der Waals surface area contributed by atoms with Crippen LogP contribution in [0, 0.1) is 0 Å². The summed E-state index contributed by atoms with van der Waals surface area (Å²) in [5.41, 5.74) is -2.54. The third-order valence-electron chi connectivity index (χ3n) is 7.30. The fourth-order valence-electron chi connectivity index (χ4n) is 4.26. The summed E-state index contributed by atoms with van der Waals surface area (Å²) < 4.78 is 31.5. The summed E-state index contributed by atoms with van der Waals surface area (Å²) in [5, 5.41) is 0. The molecule has 7 nitrogen and oxygen atoms in total. The van der Waals surface area contributed by atoms with Gasteiger partial charge in [0.2, 0.25) is 0 Å². The van der Waals surface area contributed by atoms with Crippen LogP contribution in [0.2, 0.25) is 0 Å². The first kappa shape index (κ1) is 22.9.